The van der Waals surface area contributed by atoms with Crippen molar-refractivity contribution in [2.24, 2.45) is 0 Å². The first-order valence-corrected chi connectivity index (χ1v) is 6.57. The third-order valence-electron chi connectivity index (χ3n) is 3.44. The SMILES string of the molecule is CC[C@H](O)c1ccc(N2CC=C(C(F)(F)F)CC2)cn1. The fraction of sp³-hybridized carbons (Fsp3) is 0.500. The molecule has 3 nitrogen and oxygen atoms in total. The molecular weight excluding hydrogens is 269 g/mol. The highest BCUT2D eigenvalue weighted by molar-refractivity contribution is 5.47. The lowest BCUT2D eigenvalue weighted by atomic mass is 10.1. The van der Waals surface area contributed by atoms with E-state index in [0.717, 1.165) is 5.69 Å². The lowest BCUT2D eigenvalue weighted by molar-refractivity contribution is -0.0943. The van der Waals surface area contributed by atoms with Crippen LogP contribution >= 0.6 is 0 Å². The Bertz CT molecular complexity index is 482. The van der Waals surface area contributed by atoms with Crippen LogP contribution in [-0.4, -0.2) is 29.4 Å². The minimum Gasteiger partial charge on any atom is -0.387 e. The molecule has 0 saturated carbocycles. The Balaban J connectivity index is 2.06. The summed E-state index contributed by atoms with van der Waals surface area (Å²) in [6, 6.07) is 3.50. The molecule has 0 spiro atoms. The van der Waals surface area contributed by atoms with E-state index in [9.17, 15) is 18.3 Å². The van der Waals surface area contributed by atoms with Crippen LogP contribution < -0.4 is 4.90 Å². The summed E-state index contributed by atoms with van der Waals surface area (Å²) in [4.78, 5) is 6.00. The summed E-state index contributed by atoms with van der Waals surface area (Å²) in [5.74, 6) is 0. The van der Waals surface area contributed by atoms with E-state index >= 15 is 0 Å². The number of halogens is 3. The van der Waals surface area contributed by atoms with Crippen molar-refractivity contribution in [1.29, 1.82) is 0 Å². The van der Waals surface area contributed by atoms with Gasteiger partial charge in [0, 0.05) is 18.7 Å². The van der Waals surface area contributed by atoms with Crippen molar-refractivity contribution in [3.8, 4) is 0 Å². The third-order valence-corrected chi connectivity index (χ3v) is 3.44. The smallest absolute Gasteiger partial charge is 0.387 e. The predicted molar refractivity (Wildman–Crippen MR) is 70.5 cm³/mol. The van der Waals surface area contributed by atoms with E-state index in [1.807, 2.05) is 11.8 Å². The Hall–Kier alpha value is -1.56. The molecule has 0 aliphatic carbocycles. The zero-order valence-corrected chi connectivity index (χ0v) is 11.2. The molecule has 0 aromatic carbocycles. The minimum atomic E-state index is -4.22. The number of rotatable bonds is 3. The van der Waals surface area contributed by atoms with Crippen molar-refractivity contribution < 1.29 is 18.3 Å². The first-order valence-electron chi connectivity index (χ1n) is 6.57. The molecule has 1 aliphatic rings. The molecule has 0 saturated heterocycles. The van der Waals surface area contributed by atoms with Crippen LogP contribution in [0, 0.1) is 0 Å². The van der Waals surface area contributed by atoms with E-state index in [4.69, 9.17) is 0 Å². The van der Waals surface area contributed by atoms with E-state index in [-0.39, 0.29) is 13.0 Å². The summed E-state index contributed by atoms with van der Waals surface area (Å²) in [5, 5.41) is 9.64. The molecule has 1 aromatic heterocycles. The maximum Gasteiger partial charge on any atom is 0.412 e. The molecule has 0 amide bonds. The van der Waals surface area contributed by atoms with Crippen LogP contribution in [0.25, 0.3) is 0 Å². The van der Waals surface area contributed by atoms with Crippen LogP contribution in [0.1, 0.15) is 31.6 Å². The van der Waals surface area contributed by atoms with Gasteiger partial charge in [-0.3, -0.25) is 4.98 Å². The van der Waals surface area contributed by atoms with Gasteiger partial charge in [0.2, 0.25) is 0 Å². The molecule has 6 heteroatoms. The van der Waals surface area contributed by atoms with Gasteiger partial charge in [-0.25, -0.2) is 0 Å². The van der Waals surface area contributed by atoms with Crippen molar-refractivity contribution in [2.75, 3.05) is 18.0 Å². The van der Waals surface area contributed by atoms with Gasteiger partial charge in [0.1, 0.15) is 0 Å². The van der Waals surface area contributed by atoms with Crippen molar-refractivity contribution in [2.45, 2.75) is 32.0 Å². The highest BCUT2D eigenvalue weighted by Gasteiger charge is 2.34. The van der Waals surface area contributed by atoms with Gasteiger partial charge in [0.15, 0.2) is 0 Å². The number of aliphatic hydroxyl groups is 1. The quantitative estimate of drug-likeness (QED) is 0.867. The Labute approximate surface area is 115 Å². The molecule has 0 bridgehead atoms. The predicted octanol–water partition coefficient (Wildman–Crippen LogP) is 3.22. The molecule has 0 fully saturated rings. The highest BCUT2D eigenvalue weighted by Crippen LogP contribution is 2.31. The fourth-order valence-electron chi connectivity index (χ4n) is 2.15. The molecule has 1 N–H and O–H groups in total. The van der Waals surface area contributed by atoms with Crippen molar-refractivity contribution >= 4 is 5.69 Å². The first kappa shape index (κ1) is 14.8. The second kappa shape index (κ2) is 5.83. The second-order valence-electron chi connectivity index (χ2n) is 4.79. The van der Waals surface area contributed by atoms with E-state index in [2.05, 4.69) is 4.98 Å². The zero-order chi connectivity index (χ0) is 14.8. The van der Waals surface area contributed by atoms with Crippen LogP contribution in [0.15, 0.2) is 30.0 Å². The van der Waals surface area contributed by atoms with Gasteiger partial charge in [0.05, 0.1) is 23.7 Å². The summed E-state index contributed by atoms with van der Waals surface area (Å²) in [5.41, 5.74) is 0.897. The second-order valence-corrected chi connectivity index (χ2v) is 4.79. The average molecular weight is 286 g/mol. The van der Waals surface area contributed by atoms with E-state index in [1.165, 1.54) is 6.08 Å². The number of aromatic nitrogens is 1. The van der Waals surface area contributed by atoms with Gasteiger partial charge in [-0.15, -0.1) is 0 Å². The molecule has 20 heavy (non-hydrogen) atoms. The van der Waals surface area contributed by atoms with Crippen molar-refractivity contribution in [3.05, 3.63) is 35.7 Å². The third kappa shape index (κ3) is 3.30. The fourth-order valence-corrected chi connectivity index (χ4v) is 2.15. The van der Waals surface area contributed by atoms with Gasteiger partial charge < -0.3 is 10.0 Å². The maximum absolute atomic E-state index is 12.5. The molecule has 2 heterocycles. The first-order chi connectivity index (χ1) is 9.41. The zero-order valence-electron chi connectivity index (χ0n) is 11.2. The Morgan fingerprint density at radius 2 is 2.15 bits per heavy atom. The van der Waals surface area contributed by atoms with Crippen molar-refractivity contribution in [1.82, 2.24) is 4.98 Å². The summed E-state index contributed by atoms with van der Waals surface area (Å²) in [7, 11) is 0. The van der Waals surface area contributed by atoms with Gasteiger partial charge >= 0.3 is 6.18 Å². The summed E-state index contributed by atoms with van der Waals surface area (Å²) < 4.78 is 37.6. The average Bonchev–Trinajstić information content (AvgIpc) is 2.46. The lowest BCUT2D eigenvalue weighted by Gasteiger charge is -2.29. The summed E-state index contributed by atoms with van der Waals surface area (Å²) in [6.45, 7) is 2.41. The van der Waals surface area contributed by atoms with Crippen molar-refractivity contribution in [3.63, 3.8) is 0 Å². The van der Waals surface area contributed by atoms with Gasteiger partial charge in [-0.2, -0.15) is 13.2 Å². The Kier molecular flexibility index (Phi) is 4.32. The largest absolute Gasteiger partial charge is 0.412 e. The molecule has 0 radical (unpaired) electrons. The van der Waals surface area contributed by atoms with Crippen LogP contribution in [0.2, 0.25) is 0 Å². The number of hydrogen-bond acceptors (Lipinski definition) is 3. The maximum atomic E-state index is 12.5. The molecular formula is C14H17F3N2O. The molecule has 1 aromatic rings. The number of hydrogen-bond donors (Lipinski definition) is 1. The molecule has 2 rings (SSSR count). The Morgan fingerprint density at radius 1 is 1.40 bits per heavy atom. The summed E-state index contributed by atoms with van der Waals surface area (Å²) in [6.07, 6.45) is -1.43. The van der Waals surface area contributed by atoms with E-state index < -0.39 is 17.9 Å². The standard InChI is InChI=1S/C14H17F3N2O/c1-2-13(20)12-4-3-11(9-18-12)19-7-5-10(6-8-19)14(15,16)17/h3-5,9,13,20H,2,6-8H2,1H3/t13-/m0/s1. The van der Waals surface area contributed by atoms with E-state index in [0.29, 0.717) is 18.7 Å². The number of anilines is 1. The van der Waals surface area contributed by atoms with Crippen LogP contribution in [0.5, 0.6) is 0 Å². The lowest BCUT2D eigenvalue weighted by Crippen LogP contribution is -2.31. The van der Waals surface area contributed by atoms with Gasteiger partial charge in [-0.1, -0.05) is 13.0 Å². The molecule has 110 valence electrons. The number of aliphatic hydroxyl groups excluding tert-OH is 1. The summed E-state index contributed by atoms with van der Waals surface area (Å²) >= 11 is 0. The molecule has 1 aliphatic heterocycles. The van der Waals surface area contributed by atoms with Crippen LogP contribution in [-0.2, 0) is 0 Å². The minimum absolute atomic E-state index is 0.0111. The molecule has 0 unspecified atom stereocenters. The number of nitrogens with zero attached hydrogens (tertiary/aromatic N) is 2. The topological polar surface area (TPSA) is 36.4 Å². The van der Waals surface area contributed by atoms with Crippen LogP contribution in [0.3, 0.4) is 0 Å². The molecule has 1 atom stereocenters. The Morgan fingerprint density at radius 3 is 2.60 bits per heavy atom. The number of alkyl halides is 3. The van der Waals surface area contributed by atoms with Gasteiger partial charge in [0.25, 0.3) is 0 Å². The van der Waals surface area contributed by atoms with E-state index in [1.54, 1.807) is 18.3 Å². The van der Waals surface area contributed by atoms with Gasteiger partial charge in [-0.05, 0) is 25.0 Å². The highest BCUT2D eigenvalue weighted by atomic mass is 19.4. The normalized spacial score (nSPS) is 17.9. The van der Waals surface area contributed by atoms with Crippen LogP contribution in [0.4, 0.5) is 18.9 Å². The number of pyridine rings is 1. The monoisotopic (exact) mass is 286 g/mol.